The fourth-order valence-electron chi connectivity index (χ4n) is 2.45. The minimum Gasteiger partial charge on any atom is -0.484 e. The van der Waals surface area contributed by atoms with Gasteiger partial charge in [-0.05, 0) is 66.2 Å². The summed E-state index contributed by atoms with van der Waals surface area (Å²) < 4.78 is 32.8. The Morgan fingerprint density at radius 3 is 2.00 bits per heavy atom. The number of anilines is 1. The van der Waals surface area contributed by atoms with Gasteiger partial charge in [-0.25, -0.2) is 8.42 Å². The van der Waals surface area contributed by atoms with E-state index >= 15 is 0 Å². The molecule has 0 aromatic heterocycles. The summed E-state index contributed by atoms with van der Waals surface area (Å²) in [6.07, 6.45) is 0. The van der Waals surface area contributed by atoms with Crippen LogP contribution in [0.5, 0.6) is 5.75 Å². The van der Waals surface area contributed by atoms with E-state index in [0.717, 1.165) is 5.56 Å². The molecule has 0 unspecified atom stereocenters. The Labute approximate surface area is 184 Å². The Morgan fingerprint density at radius 1 is 0.833 bits per heavy atom. The van der Waals surface area contributed by atoms with Gasteiger partial charge in [0, 0.05) is 22.3 Å². The molecule has 3 aromatic carbocycles. The highest BCUT2D eigenvalue weighted by molar-refractivity contribution is 7.92. The summed E-state index contributed by atoms with van der Waals surface area (Å²) in [5.74, 6) is 0.0770. The summed E-state index contributed by atoms with van der Waals surface area (Å²) in [6.45, 7) is 0.162. The number of carbonyl (C=O) groups is 1. The van der Waals surface area contributed by atoms with Crippen molar-refractivity contribution in [2.45, 2.75) is 11.4 Å². The molecule has 0 aliphatic rings. The van der Waals surface area contributed by atoms with E-state index in [0.29, 0.717) is 28.0 Å². The van der Waals surface area contributed by atoms with Crippen molar-refractivity contribution in [3.8, 4) is 5.75 Å². The third-order valence-corrected chi connectivity index (χ3v) is 5.90. The number of hydrogen-bond acceptors (Lipinski definition) is 4. The lowest BCUT2D eigenvalue weighted by molar-refractivity contribution is -0.123. The van der Waals surface area contributed by atoms with E-state index in [9.17, 15) is 13.2 Å². The zero-order chi connectivity index (χ0) is 21.6. The van der Waals surface area contributed by atoms with Crippen LogP contribution in [0.2, 0.25) is 10.0 Å². The molecule has 0 spiro atoms. The standard InChI is InChI=1S/C21H18Cl2N2O4S/c22-16-3-1-15(2-4-16)13-24-21(26)14-29-19-9-11-20(12-10-19)30(27,28)25-18-7-5-17(23)6-8-18/h1-12,25H,13-14H2,(H,24,26). The summed E-state index contributed by atoms with van der Waals surface area (Å²) in [7, 11) is -3.75. The maximum absolute atomic E-state index is 12.4. The lowest BCUT2D eigenvalue weighted by atomic mass is 10.2. The molecule has 30 heavy (non-hydrogen) atoms. The third kappa shape index (κ3) is 6.38. The van der Waals surface area contributed by atoms with Gasteiger partial charge in [0.05, 0.1) is 4.90 Å². The molecule has 1 amide bonds. The average molecular weight is 465 g/mol. The highest BCUT2D eigenvalue weighted by Gasteiger charge is 2.14. The summed E-state index contributed by atoms with van der Waals surface area (Å²) in [6, 6.07) is 19.2. The van der Waals surface area contributed by atoms with Gasteiger partial charge >= 0.3 is 0 Å². The maximum Gasteiger partial charge on any atom is 0.261 e. The number of hydrogen-bond donors (Lipinski definition) is 2. The van der Waals surface area contributed by atoms with Crippen LogP contribution in [0, 0.1) is 0 Å². The third-order valence-electron chi connectivity index (χ3n) is 4.00. The fourth-order valence-corrected chi connectivity index (χ4v) is 3.76. The SMILES string of the molecule is O=C(COc1ccc(S(=O)(=O)Nc2ccc(Cl)cc2)cc1)NCc1ccc(Cl)cc1. The molecule has 0 saturated carbocycles. The molecule has 3 aromatic rings. The highest BCUT2D eigenvalue weighted by Crippen LogP contribution is 2.20. The number of benzene rings is 3. The van der Waals surface area contributed by atoms with Gasteiger partial charge in [-0.3, -0.25) is 9.52 Å². The average Bonchev–Trinajstić information content (AvgIpc) is 2.73. The lowest BCUT2D eigenvalue weighted by Crippen LogP contribution is -2.28. The minimum absolute atomic E-state index is 0.0667. The van der Waals surface area contributed by atoms with Gasteiger partial charge in [0.1, 0.15) is 5.75 Å². The molecular weight excluding hydrogens is 447 g/mol. The first-order valence-corrected chi connectivity index (χ1v) is 11.1. The second-order valence-corrected chi connectivity index (χ2v) is 8.83. The second-order valence-electron chi connectivity index (χ2n) is 6.28. The molecule has 0 saturated heterocycles. The number of ether oxygens (including phenoxy) is 1. The Balaban J connectivity index is 1.51. The van der Waals surface area contributed by atoms with E-state index in [1.807, 2.05) is 12.1 Å². The molecule has 0 heterocycles. The van der Waals surface area contributed by atoms with E-state index in [1.165, 1.54) is 24.3 Å². The van der Waals surface area contributed by atoms with Crippen molar-refractivity contribution >= 4 is 44.8 Å². The molecule has 0 aliphatic carbocycles. The Morgan fingerprint density at radius 2 is 1.40 bits per heavy atom. The normalized spacial score (nSPS) is 11.0. The molecule has 3 rings (SSSR count). The maximum atomic E-state index is 12.4. The number of carbonyl (C=O) groups excluding carboxylic acids is 1. The van der Waals surface area contributed by atoms with Crippen molar-refractivity contribution in [2.75, 3.05) is 11.3 Å². The van der Waals surface area contributed by atoms with Crippen LogP contribution in [-0.4, -0.2) is 20.9 Å². The van der Waals surface area contributed by atoms with Crippen LogP contribution in [0.3, 0.4) is 0 Å². The second kappa shape index (κ2) is 9.84. The molecule has 0 atom stereocenters. The van der Waals surface area contributed by atoms with E-state index in [2.05, 4.69) is 10.0 Å². The molecule has 6 nitrogen and oxygen atoms in total. The van der Waals surface area contributed by atoms with Gasteiger partial charge < -0.3 is 10.1 Å². The van der Waals surface area contributed by atoms with Crippen molar-refractivity contribution in [1.82, 2.24) is 5.32 Å². The molecular formula is C21H18Cl2N2O4S. The number of sulfonamides is 1. The van der Waals surface area contributed by atoms with Crippen LogP contribution in [0.4, 0.5) is 5.69 Å². The molecule has 0 bridgehead atoms. The number of amides is 1. The number of rotatable bonds is 8. The lowest BCUT2D eigenvalue weighted by Gasteiger charge is -2.10. The van der Waals surface area contributed by atoms with Crippen LogP contribution in [-0.2, 0) is 21.4 Å². The van der Waals surface area contributed by atoms with Gasteiger partial charge in [0.15, 0.2) is 6.61 Å². The Hall–Kier alpha value is -2.74. The summed E-state index contributed by atoms with van der Waals surface area (Å²) in [5.41, 5.74) is 1.31. The van der Waals surface area contributed by atoms with Crippen LogP contribution in [0.15, 0.2) is 77.7 Å². The largest absolute Gasteiger partial charge is 0.484 e. The molecule has 156 valence electrons. The van der Waals surface area contributed by atoms with Crippen molar-refractivity contribution in [3.05, 3.63) is 88.4 Å². The van der Waals surface area contributed by atoms with Crippen molar-refractivity contribution in [2.24, 2.45) is 0 Å². The number of halogens is 2. The van der Waals surface area contributed by atoms with Gasteiger partial charge in [0.2, 0.25) is 0 Å². The predicted octanol–water partition coefficient (Wildman–Crippen LogP) is 4.49. The first-order valence-electron chi connectivity index (χ1n) is 8.84. The monoisotopic (exact) mass is 464 g/mol. The van der Waals surface area contributed by atoms with E-state index in [1.54, 1.807) is 36.4 Å². The van der Waals surface area contributed by atoms with Crippen LogP contribution < -0.4 is 14.8 Å². The highest BCUT2D eigenvalue weighted by atomic mass is 35.5. The topological polar surface area (TPSA) is 84.5 Å². The summed E-state index contributed by atoms with van der Waals surface area (Å²) in [4.78, 5) is 12.0. The number of nitrogens with one attached hydrogen (secondary N) is 2. The smallest absolute Gasteiger partial charge is 0.261 e. The van der Waals surface area contributed by atoms with Crippen molar-refractivity contribution < 1.29 is 17.9 Å². The van der Waals surface area contributed by atoms with Crippen LogP contribution in [0.25, 0.3) is 0 Å². The van der Waals surface area contributed by atoms with E-state index in [4.69, 9.17) is 27.9 Å². The first-order chi connectivity index (χ1) is 14.3. The van der Waals surface area contributed by atoms with Crippen LogP contribution in [0.1, 0.15) is 5.56 Å². The first kappa shape index (κ1) is 22.0. The van der Waals surface area contributed by atoms with Gasteiger partial charge in [0.25, 0.3) is 15.9 Å². The van der Waals surface area contributed by atoms with Crippen molar-refractivity contribution in [3.63, 3.8) is 0 Å². The van der Waals surface area contributed by atoms with Gasteiger partial charge in [-0.1, -0.05) is 35.3 Å². The molecule has 0 aliphatic heterocycles. The summed E-state index contributed by atoms with van der Waals surface area (Å²) >= 11 is 11.6. The van der Waals surface area contributed by atoms with E-state index < -0.39 is 10.0 Å². The van der Waals surface area contributed by atoms with Gasteiger partial charge in [-0.2, -0.15) is 0 Å². The molecule has 0 fully saturated rings. The summed E-state index contributed by atoms with van der Waals surface area (Å²) in [5, 5.41) is 3.87. The molecule has 2 N–H and O–H groups in total. The predicted molar refractivity (Wildman–Crippen MR) is 117 cm³/mol. The quantitative estimate of drug-likeness (QED) is 0.514. The zero-order valence-electron chi connectivity index (χ0n) is 15.6. The minimum atomic E-state index is -3.75. The Bertz CT molecular complexity index is 1100. The van der Waals surface area contributed by atoms with Crippen molar-refractivity contribution in [1.29, 1.82) is 0 Å². The Kier molecular flexibility index (Phi) is 7.20. The van der Waals surface area contributed by atoms with E-state index in [-0.39, 0.29) is 17.4 Å². The zero-order valence-corrected chi connectivity index (χ0v) is 18.0. The fraction of sp³-hybridized carbons (Fsp3) is 0.0952. The van der Waals surface area contributed by atoms with Crippen LogP contribution >= 0.6 is 23.2 Å². The molecule has 9 heteroatoms. The molecule has 0 radical (unpaired) electrons. The van der Waals surface area contributed by atoms with Gasteiger partial charge in [-0.15, -0.1) is 0 Å².